The number of nitrogens with zero attached hydrogens (tertiary/aromatic N) is 3. The molecule has 0 bridgehead atoms. The maximum atomic E-state index is 13.4. The van der Waals surface area contributed by atoms with Crippen LogP contribution in [0.5, 0.6) is 11.5 Å². The average Bonchev–Trinajstić information content (AvgIpc) is 3.42. The van der Waals surface area contributed by atoms with Gasteiger partial charge < -0.3 is 14.6 Å². The normalized spacial score (nSPS) is 18.7. The Kier molecular flexibility index (Phi) is 5.22. The molecule has 1 atom stereocenters. The van der Waals surface area contributed by atoms with Gasteiger partial charge in [-0.25, -0.2) is 4.98 Å². The van der Waals surface area contributed by atoms with Crippen LogP contribution in [-0.2, 0) is 9.59 Å². The number of carbonyl (C=O) groups excluding carboxylic acids is 2. The van der Waals surface area contributed by atoms with Crippen LogP contribution in [0.3, 0.4) is 0 Å². The fourth-order valence-corrected chi connectivity index (χ4v) is 5.86. The van der Waals surface area contributed by atoms with E-state index in [0.717, 1.165) is 21.3 Å². The Hall–Kier alpha value is -4.24. The number of pyridine rings is 1. The largest absolute Gasteiger partial charge is 0.507 e. The number of hydrogen-bond acceptors (Lipinski definition) is 8. The minimum Gasteiger partial charge on any atom is -0.507 e. The quantitative estimate of drug-likeness (QED) is 0.248. The Morgan fingerprint density at radius 3 is 2.67 bits per heavy atom. The summed E-state index contributed by atoms with van der Waals surface area (Å²) in [5, 5.41) is 11.8. The number of amides is 1. The lowest BCUT2D eigenvalue weighted by molar-refractivity contribution is -0.132. The number of aliphatic hydroxyl groups excluding tert-OH is 1. The van der Waals surface area contributed by atoms with E-state index < -0.39 is 17.7 Å². The molecule has 2 aromatic carbocycles. The van der Waals surface area contributed by atoms with Crippen LogP contribution in [0, 0.1) is 13.8 Å². The summed E-state index contributed by atoms with van der Waals surface area (Å²) in [7, 11) is 0. The number of anilines is 1. The lowest BCUT2D eigenvalue weighted by atomic mass is 9.96. The van der Waals surface area contributed by atoms with E-state index in [0.29, 0.717) is 41.0 Å². The number of aliphatic hydroxyl groups is 1. The van der Waals surface area contributed by atoms with E-state index in [1.54, 1.807) is 42.7 Å². The second-order valence-electron chi connectivity index (χ2n) is 8.74. The molecular formula is C27H21N3O5S. The van der Waals surface area contributed by atoms with Gasteiger partial charge in [-0.05, 0) is 60.9 Å². The SMILES string of the molecule is Cc1cc(C)c2nc(N3C(=O)C(=O)/C(=C(\O)c4ccc5c(c4)OCCO5)C3c3cccnc3)sc2c1. The molecule has 4 aromatic rings. The minimum atomic E-state index is -0.895. The van der Waals surface area contributed by atoms with Crippen molar-refractivity contribution in [3.8, 4) is 11.5 Å². The van der Waals surface area contributed by atoms with Crippen LogP contribution in [-0.4, -0.2) is 40.0 Å². The molecule has 2 aromatic heterocycles. The number of fused-ring (bicyclic) bond motifs is 2. The highest BCUT2D eigenvalue weighted by Crippen LogP contribution is 2.45. The number of rotatable bonds is 3. The van der Waals surface area contributed by atoms with E-state index >= 15 is 0 Å². The van der Waals surface area contributed by atoms with Gasteiger partial charge in [0, 0.05) is 18.0 Å². The van der Waals surface area contributed by atoms with E-state index in [2.05, 4.69) is 4.98 Å². The van der Waals surface area contributed by atoms with Crippen LogP contribution in [0.25, 0.3) is 16.0 Å². The Bertz CT molecular complexity index is 1580. The molecule has 4 heterocycles. The van der Waals surface area contributed by atoms with Crippen LogP contribution >= 0.6 is 11.3 Å². The zero-order valence-electron chi connectivity index (χ0n) is 19.5. The van der Waals surface area contributed by atoms with Gasteiger partial charge in [0.15, 0.2) is 16.6 Å². The van der Waals surface area contributed by atoms with Gasteiger partial charge in [0.05, 0.1) is 21.8 Å². The number of hydrogen-bond donors (Lipinski definition) is 1. The topological polar surface area (TPSA) is 102 Å². The Morgan fingerprint density at radius 1 is 1.08 bits per heavy atom. The molecular weight excluding hydrogens is 478 g/mol. The standard InChI is InChI=1S/C27H21N3O5S/c1-14-10-15(2)22-20(11-14)36-27(29-22)30-23(17-4-3-7-28-13-17)21(25(32)26(30)33)24(31)16-5-6-18-19(12-16)35-9-8-34-18/h3-7,10-13,23,31H,8-9H2,1-2H3/b24-21-. The lowest BCUT2D eigenvalue weighted by Gasteiger charge is -2.23. The van der Waals surface area contributed by atoms with E-state index in [4.69, 9.17) is 14.5 Å². The van der Waals surface area contributed by atoms with Crippen molar-refractivity contribution in [3.05, 3.63) is 82.7 Å². The minimum absolute atomic E-state index is 0.0307. The molecule has 2 aliphatic heterocycles. The first-order chi connectivity index (χ1) is 17.4. The van der Waals surface area contributed by atoms with Gasteiger partial charge >= 0.3 is 5.91 Å². The van der Waals surface area contributed by atoms with Crippen LogP contribution in [0.4, 0.5) is 5.13 Å². The maximum absolute atomic E-state index is 13.4. The van der Waals surface area contributed by atoms with Crippen molar-refractivity contribution < 1.29 is 24.2 Å². The number of ketones is 1. The van der Waals surface area contributed by atoms with Crippen LogP contribution in [0.2, 0.25) is 0 Å². The first-order valence-electron chi connectivity index (χ1n) is 11.4. The number of aromatic nitrogens is 2. The molecule has 1 amide bonds. The Morgan fingerprint density at radius 2 is 1.89 bits per heavy atom. The summed E-state index contributed by atoms with van der Waals surface area (Å²) in [6.45, 7) is 4.79. The number of aryl methyl sites for hydroxylation is 2. The first kappa shape index (κ1) is 22.2. The molecule has 0 spiro atoms. The molecule has 2 aliphatic rings. The van der Waals surface area contributed by atoms with Crippen molar-refractivity contribution in [2.45, 2.75) is 19.9 Å². The van der Waals surface area contributed by atoms with Crippen molar-refractivity contribution in [1.29, 1.82) is 0 Å². The Labute approximate surface area is 210 Å². The highest BCUT2D eigenvalue weighted by atomic mass is 32.1. The van der Waals surface area contributed by atoms with Gasteiger partial charge in [0.25, 0.3) is 5.78 Å². The van der Waals surface area contributed by atoms with Gasteiger partial charge in [0.1, 0.15) is 19.0 Å². The molecule has 1 saturated heterocycles. The number of benzene rings is 2. The Balaban J connectivity index is 1.54. The monoisotopic (exact) mass is 499 g/mol. The molecule has 180 valence electrons. The van der Waals surface area contributed by atoms with Gasteiger partial charge in [0.2, 0.25) is 0 Å². The lowest BCUT2D eigenvalue weighted by Crippen LogP contribution is -2.29. The molecule has 0 radical (unpaired) electrons. The third kappa shape index (κ3) is 3.51. The first-order valence-corrected chi connectivity index (χ1v) is 12.2. The van der Waals surface area contributed by atoms with Crippen molar-refractivity contribution in [1.82, 2.24) is 9.97 Å². The van der Waals surface area contributed by atoms with Crippen LogP contribution < -0.4 is 14.4 Å². The molecule has 1 fully saturated rings. The number of thiazole rings is 1. The number of carbonyl (C=O) groups is 2. The van der Waals surface area contributed by atoms with Crippen molar-refractivity contribution in [2.75, 3.05) is 18.1 Å². The zero-order valence-corrected chi connectivity index (χ0v) is 20.3. The van der Waals surface area contributed by atoms with Crippen LogP contribution in [0.15, 0.2) is 60.4 Å². The molecule has 0 saturated carbocycles. The summed E-state index contributed by atoms with van der Waals surface area (Å²) in [5.74, 6) is -0.814. The van der Waals surface area contributed by atoms with E-state index in [-0.39, 0.29) is 11.3 Å². The molecule has 6 rings (SSSR count). The van der Waals surface area contributed by atoms with E-state index in [1.807, 2.05) is 26.0 Å². The molecule has 0 aliphatic carbocycles. The fourth-order valence-electron chi connectivity index (χ4n) is 4.69. The predicted molar refractivity (Wildman–Crippen MR) is 136 cm³/mol. The smallest absolute Gasteiger partial charge is 0.301 e. The zero-order chi connectivity index (χ0) is 25.0. The van der Waals surface area contributed by atoms with E-state index in [9.17, 15) is 14.7 Å². The summed E-state index contributed by atoms with van der Waals surface area (Å²) in [6, 6.07) is 11.6. The summed E-state index contributed by atoms with van der Waals surface area (Å²) in [5.41, 5.74) is 3.75. The molecule has 9 heteroatoms. The summed E-state index contributed by atoms with van der Waals surface area (Å²) >= 11 is 1.34. The fraction of sp³-hybridized carbons (Fsp3) is 0.185. The molecule has 1 N–H and O–H groups in total. The van der Waals surface area contributed by atoms with Crippen LogP contribution in [0.1, 0.15) is 28.3 Å². The number of Topliss-reactive ketones (excluding diaryl/α,β-unsaturated/α-hetero) is 1. The second kappa shape index (κ2) is 8.46. The van der Waals surface area contributed by atoms with Gasteiger partial charge in [-0.1, -0.05) is 23.5 Å². The van der Waals surface area contributed by atoms with Crippen molar-refractivity contribution in [3.63, 3.8) is 0 Å². The summed E-state index contributed by atoms with van der Waals surface area (Å²) in [6.07, 6.45) is 3.20. The third-order valence-electron chi connectivity index (χ3n) is 6.28. The third-order valence-corrected chi connectivity index (χ3v) is 7.29. The average molecular weight is 500 g/mol. The van der Waals surface area contributed by atoms with Gasteiger partial charge in [-0.15, -0.1) is 0 Å². The molecule has 1 unspecified atom stereocenters. The molecule has 36 heavy (non-hydrogen) atoms. The molecule has 8 nitrogen and oxygen atoms in total. The van der Waals surface area contributed by atoms with Gasteiger partial charge in [-0.3, -0.25) is 19.5 Å². The summed E-state index contributed by atoms with van der Waals surface area (Å²) < 4.78 is 12.1. The summed E-state index contributed by atoms with van der Waals surface area (Å²) in [4.78, 5) is 37.1. The van der Waals surface area contributed by atoms with Crippen molar-refractivity contribution in [2.24, 2.45) is 0 Å². The highest BCUT2D eigenvalue weighted by molar-refractivity contribution is 7.22. The highest BCUT2D eigenvalue weighted by Gasteiger charge is 2.48. The van der Waals surface area contributed by atoms with Gasteiger partial charge in [-0.2, -0.15) is 0 Å². The second-order valence-corrected chi connectivity index (χ2v) is 9.75. The van der Waals surface area contributed by atoms with Crippen molar-refractivity contribution >= 4 is 44.1 Å². The predicted octanol–water partition coefficient (Wildman–Crippen LogP) is 4.71. The maximum Gasteiger partial charge on any atom is 0.301 e. The van der Waals surface area contributed by atoms with E-state index in [1.165, 1.54) is 16.2 Å². The number of ether oxygens (including phenoxy) is 2.